The lowest BCUT2D eigenvalue weighted by Gasteiger charge is -2.31. The summed E-state index contributed by atoms with van der Waals surface area (Å²) in [4.78, 5) is 32.2. The number of hydrogen-bond acceptors (Lipinski definition) is 5. The largest absolute Gasteiger partial charge is 0.341 e. The first-order valence-corrected chi connectivity index (χ1v) is 9.68. The highest BCUT2D eigenvalue weighted by molar-refractivity contribution is 5.74. The van der Waals surface area contributed by atoms with Gasteiger partial charge < -0.3 is 15.2 Å². The Morgan fingerprint density at radius 1 is 1.14 bits per heavy atom. The molecule has 0 saturated carbocycles. The molecule has 3 heterocycles. The van der Waals surface area contributed by atoms with E-state index >= 15 is 0 Å². The number of fused-ring (bicyclic) bond motifs is 1. The molecule has 4 rings (SSSR count). The topological polar surface area (TPSA) is 91.1 Å². The van der Waals surface area contributed by atoms with Gasteiger partial charge >= 0.3 is 5.69 Å². The van der Waals surface area contributed by atoms with Crippen molar-refractivity contribution in [1.82, 2.24) is 18.7 Å². The Morgan fingerprint density at radius 2 is 1.89 bits per heavy atom. The second-order valence-electron chi connectivity index (χ2n) is 7.53. The summed E-state index contributed by atoms with van der Waals surface area (Å²) in [5, 5.41) is 0. The summed E-state index contributed by atoms with van der Waals surface area (Å²) in [6.45, 7) is 2.15. The SMILES string of the molecule is Cn1c(=O)c2c(nc(N3CCCC(N)C3)n2CCc2ccccc2)n(C)c1=O. The van der Waals surface area contributed by atoms with Crippen molar-refractivity contribution in [2.45, 2.75) is 31.8 Å². The number of aryl methyl sites for hydroxylation is 3. The van der Waals surface area contributed by atoms with Crippen molar-refractivity contribution in [1.29, 1.82) is 0 Å². The van der Waals surface area contributed by atoms with E-state index in [2.05, 4.69) is 17.0 Å². The summed E-state index contributed by atoms with van der Waals surface area (Å²) < 4.78 is 4.56. The van der Waals surface area contributed by atoms with E-state index in [1.807, 2.05) is 22.8 Å². The Balaban J connectivity index is 1.86. The Labute approximate surface area is 162 Å². The van der Waals surface area contributed by atoms with Gasteiger partial charge in [0, 0.05) is 39.8 Å². The van der Waals surface area contributed by atoms with E-state index < -0.39 is 0 Å². The van der Waals surface area contributed by atoms with Crippen LogP contribution >= 0.6 is 0 Å². The smallest absolute Gasteiger partial charge is 0.332 e. The molecule has 1 fully saturated rings. The van der Waals surface area contributed by atoms with Crippen LogP contribution in [-0.2, 0) is 27.1 Å². The van der Waals surface area contributed by atoms with Crippen LogP contribution < -0.4 is 21.9 Å². The zero-order chi connectivity index (χ0) is 19.8. The molecule has 1 atom stereocenters. The lowest BCUT2D eigenvalue weighted by molar-refractivity contribution is 0.493. The third kappa shape index (κ3) is 3.13. The maximum Gasteiger partial charge on any atom is 0.332 e. The minimum absolute atomic E-state index is 0.0859. The van der Waals surface area contributed by atoms with Gasteiger partial charge in [-0.15, -0.1) is 0 Å². The van der Waals surface area contributed by atoms with E-state index in [0.29, 0.717) is 24.3 Å². The summed E-state index contributed by atoms with van der Waals surface area (Å²) in [7, 11) is 3.17. The minimum atomic E-state index is -0.368. The van der Waals surface area contributed by atoms with Crippen LogP contribution in [0, 0.1) is 0 Å². The Hall–Kier alpha value is -2.87. The number of aromatic nitrogens is 4. The predicted molar refractivity (Wildman–Crippen MR) is 110 cm³/mol. The van der Waals surface area contributed by atoms with Crippen LogP contribution in [0.2, 0.25) is 0 Å². The monoisotopic (exact) mass is 382 g/mol. The fraction of sp³-hybridized carbons (Fsp3) is 0.450. The van der Waals surface area contributed by atoms with Gasteiger partial charge in [-0.2, -0.15) is 4.98 Å². The van der Waals surface area contributed by atoms with Crippen LogP contribution in [0.4, 0.5) is 5.95 Å². The highest BCUT2D eigenvalue weighted by Gasteiger charge is 2.25. The maximum absolute atomic E-state index is 12.9. The molecule has 2 aromatic heterocycles. The summed E-state index contributed by atoms with van der Waals surface area (Å²) in [6.07, 6.45) is 2.74. The molecule has 0 spiro atoms. The lowest BCUT2D eigenvalue weighted by atomic mass is 10.1. The third-order valence-corrected chi connectivity index (χ3v) is 5.54. The van der Waals surface area contributed by atoms with Gasteiger partial charge in [-0.05, 0) is 24.8 Å². The number of anilines is 1. The molecule has 2 N–H and O–H groups in total. The van der Waals surface area contributed by atoms with Gasteiger partial charge in [-0.25, -0.2) is 4.79 Å². The van der Waals surface area contributed by atoms with E-state index in [1.165, 1.54) is 17.2 Å². The fourth-order valence-corrected chi connectivity index (χ4v) is 3.97. The zero-order valence-corrected chi connectivity index (χ0v) is 16.3. The van der Waals surface area contributed by atoms with E-state index in [9.17, 15) is 9.59 Å². The fourth-order valence-electron chi connectivity index (χ4n) is 3.97. The van der Waals surface area contributed by atoms with Crippen LogP contribution in [0.5, 0.6) is 0 Å². The number of benzene rings is 1. The first kappa shape index (κ1) is 18.5. The molecule has 8 nitrogen and oxygen atoms in total. The van der Waals surface area contributed by atoms with Crippen molar-refractivity contribution >= 4 is 17.1 Å². The molecule has 0 aliphatic carbocycles. The van der Waals surface area contributed by atoms with Crippen LogP contribution in [0.25, 0.3) is 11.2 Å². The van der Waals surface area contributed by atoms with E-state index in [-0.39, 0.29) is 17.3 Å². The van der Waals surface area contributed by atoms with Gasteiger partial charge in [-0.1, -0.05) is 30.3 Å². The highest BCUT2D eigenvalue weighted by atomic mass is 16.2. The number of nitrogens with two attached hydrogens (primary N) is 1. The van der Waals surface area contributed by atoms with Crippen molar-refractivity contribution in [3.8, 4) is 0 Å². The summed E-state index contributed by atoms with van der Waals surface area (Å²) >= 11 is 0. The maximum atomic E-state index is 12.9. The van der Waals surface area contributed by atoms with Gasteiger partial charge in [0.2, 0.25) is 5.95 Å². The lowest BCUT2D eigenvalue weighted by Crippen LogP contribution is -2.44. The van der Waals surface area contributed by atoms with Crippen molar-refractivity contribution in [2.75, 3.05) is 18.0 Å². The highest BCUT2D eigenvalue weighted by Crippen LogP contribution is 2.23. The second kappa shape index (κ2) is 7.27. The molecule has 1 aromatic carbocycles. The number of nitrogens with zero attached hydrogens (tertiary/aromatic N) is 5. The van der Waals surface area contributed by atoms with Gasteiger partial charge in [0.15, 0.2) is 11.2 Å². The van der Waals surface area contributed by atoms with Crippen LogP contribution in [-0.4, -0.2) is 37.8 Å². The first-order valence-electron chi connectivity index (χ1n) is 9.68. The van der Waals surface area contributed by atoms with Crippen molar-refractivity contribution < 1.29 is 0 Å². The second-order valence-corrected chi connectivity index (χ2v) is 7.53. The molecule has 0 radical (unpaired) electrons. The standard InChI is InChI=1S/C20H26N6O2/c1-23-17-16(18(27)24(2)20(23)28)26(12-10-14-7-4-3-5-8-14)19(22-17)25-11-6-9-15(21)13-25/h3-5,7-8,15H,6,9-13,21H2,1-2H3. The molecule has 1 aliphatic rings. The molecular formula is C20H26N6O2. The molecule has 148 valence electrons. The molecule has 1 unspecified atom stereocenters. The van der Waals surface area contributed by atoms with Crippen LogP contribution in [0.3, 0.4) is 0 Å². The normalized spacial score (nSPS) is 17.4. The summed E-state index contributed by atoms with van der Waals surface area (Å²) in [6, 6.07) is 10.2. The van der Waals surface area contributed by atoms with Gasteiger partial charge in [-0.3, -0.25) is 13.9 Å². The number of hydrogen-bond donors (Lipinski definition) is 1. The molecular weight excluding hydrogens is 356 g/mol. The zero-order valence-electron chi connectivity index (χ0n) is 16.3. The van der Waals surface area contributed by atoms with E-state index in [4.69, 9.17) is 10.7 Å². The van der Waals surface area contributed by atoms with Crippen LogP contribution in [0.15, 0.2) is 39.9 Å². The molecule has 0 amide bonds. The molecule has 8 heteroatoms. The van der Waals surface area contributed by atoms with Crippen molar-refractivity contribution in [3.05, 3.63) is 56.7 Å². The molecule has 28 heavy (non-hydrogen) atoms. The summed E-state index contributed by atoms with van der Waals surface area (Å²) in [5.41, 5.74) is 7.58. The van der Waals surface area contributed by atoms with E-state index in [1.54, 1.807) is 7.05 Å². The average molecular weight is 382 g/mol. The average Bonchev–Trinajstić information content (AvgIpc) is 3.09. The van der Waals surface area contributed by atoms with E-state index in [0.717, 1.165) is 36.3 Å². The van der Waals surface area contributed by atoms with Crippen LogP contribution in [0.1, 0.15) is 18.4 Å². The number of piperidine rings is 1. The quantitative estimate of drug-likeness (QED) is 0.714. The van der Waals surface area contributed by atoms with Crippen molar-refractivity contribution in [3.63, 3.8) is 0 Å². The van der Waals surface area contributed by atoms with Gasteiger partial charge in [0.05, 0.1) is 0 Å². The van der Waals surface area contributed by atoms with Crippen molar-refractivity contribution in [2.24, 2.45) is 19.8 Å². The molecule has 1 aliphatic heterocycles. The molecule has 0 bridgehead atoms. The number of rotatable bonds is 4. The first-order chi connectivity index (χ1) is 13.5. The Bertz CT molecular complexity index is 1110. The predicted octanol–water partition coefficient (Wildman–Crippen LogP) is 0.604. The molecule has 3 aromatic rings. The third-order valence-electron chi connectivity index (χ3n) is 5.54. The summed E-state index contributed by atoms with van der Waals surface area (Å²) in [5.74, 6) is 0.722. The van der Waals surface area contributed by atoms with Gasteiger partial charge in [0.1, 0.15) is 0 Å². The molecule has 1 saturated heterocycles. The van der Waals surface area contributed by atoms with Gasteiger partial charge in [0.25, 0.3) is 5.56 Å². The Kier molecular flexibility index (Phi) is 4.80. The number of imidazole rings is 1. The Morgan fingerprint density at radius 3 is 2.61 bits per heavy atom. The minimum Gasteiger partial charge on any atom is -0.341 e.